The zero-order chi connectivity index (χ0) is 29.9. The number of methoxy groups -OCH3 is 1. The van der Waals surface area contributed by atoms with Gasteiger partial charge in [-0.15, -0.1) is 0 Å². The largest absolute Gasteiger partial charge is 0.494 e. The lowest BCUT2D eigenvalue weighted by Crippen LogP contribution is -2.31. The van der Waals surface area contributed by atoms with Crippen molar-refractivity contribution in [1.82, 2.24) is 14.9 Å². The van der Waals surface area contributed by atoms with Gasteiger partial charge in [0.2, 0.25) is 5.91 Å². The van der Waals surface area contributed by atoms with E-state index >= 15 is 0 Å². The van der Waals surface area contributed by atoms with Gasteiger partial charge in [0.05, 0.1) is 36.8 Å². The first-order valence-electron chi connectivity index (χ1n) is 14.5. The Labute approximate surface area is 251 Å². The van der Waals surface area contributed by atoms with Crippen LogP contribution < -0.4 is 25.3 Å². The molecule has 2 saturated heterocycles. The minimum atomic E-state index is -0.282. The minimum absolute atomic E-state index is 0.0216. The summed E-state index contributed by atoms with van der Waals surface area (Å²) < 4.78 is 5.81. The van der Waals surface area contributed by atoms with E-state index in [1.807, 2.05) is 29.3 Å². The monoisotopic (exact) mass is 579 g/mol. The summed E-state index contributed by atoms with van der Waals surface area (Å²) in [6.45, 7) is 5.95. The van der Waals surface area contributed by atoms with Gasteiger partial charge in [-0.25, -0.2) is 15.0 Å². The van der Waals surface area contributed by atoms with Crippen LogP contribution in [0.25, 0.3) is 10.8 Å². The molecule has 3 aromatic carbocycles. The van der Waals surface area contributed by atoms with Crippen LogP contribution in [0.4, 0.5) is 28.7 Å². The highest BCUT2D eigenvalue weighted by molar-refractivity contribution is 6.02. The molecule has 43 heavy (non-hydrogen) atoms. The Hall–Kier alpha value is -4.67. The van der Waals surface area contributed by atoms with Crippen LogP contribution in [0.5, 0.6) is 5.75 Å². The summed E-state index contributed by atoms with van der Waals surface area (Å²) in [5.74, 6) is 1.57. The molecule has 1 amide bonds. The van der Waals surface area contributed by atoms with Crippen LogP contribution >= 0.6 is 0 Å². The Morgan fingerprint density at radius 3 is 2.67 bits per heavy atom. The van der Waals surface area contributed by atoms with Crippen LogP contribution in [0.1, 0.15) is 24.4 Å². The van der Waals surface area contributed by atoms with E-state index in [1.54, 1.807) is 7.11 Å². The van der Waals surface area contributed by atoms with E-state index in [0.717, 1.165) is 31.6 Å². The number of aromatic nitrogens is 2. The maximum atomic E-state index is 12.4. The topological polar surface area (TPSA) is 95.1 Å². The number of amides is 1. The van der Waals surface area contributed by atoms with Gasteiger partial charge < -0.3 is 25.2 Å². The van der Waals surface area contributed by atoms with Crippen molar-refractivity contribution >= 4 is 45.4 Å². The quantitative estimate of drug-likeness (QED) is 0.248. The molecule has 4 aromatic rings. The normalized spacial score (nSPS) is 18.3. The van der Waals surface area contributed by atoms with Crippen LogP contribution in [-0.4, -0.2) is 67.7 Å². The van der Waals surface area contributed by atoms with E-state index in [9.17, 15) is 4.79 Å². The number of carbonyl (C=O) groups is 1. The van der Waals surface area contributed by atoms with Gasteiger partial charge in [-0.2, -0.15) is 0 Å². The fourth-order valence-electron chi connectivity index (χ4n) is 5.85. The summed E-state index contributed by atoms with van der Waals surface area (Å²) in [6.07, 6.45) is 4.67. The highest BCUT2D eigenvalue weighted by Crippen LogP contribution is 2.41. The van der Waals surface area contributed by atoms with Gasteiger partial charge >= 0.3 is 0 Å². The van der Waals surface area contributed by atoms with Crippen molar-refractivity contribution in [3.05, 3.63) is 85.2 Å². The molecule has 0 bridgehead atoms. The summed E-state index contributed by atoms with van der Waals surface area (Å²) >= 11 is 0. The van der Waals surface area contributed by atoms with Crippen molar-refractivity contribution in [2.24, 2.45) is 0 Å². The Morgan fingerprint density at radius 1 is 1.07 bits per heavy atom. The number of nitrogens with zero attached hydrogens (tertiary/aromatic N) is 5. The number of hydrogen-bond acceptors (Lipinski definition) is 9. The smallest absolute Gasteiger partial charge is 0.247 e. The first kappa shape index (κ1) is 28.4. The number of hydroxylamine groups is 1. The van der Waals surface area contributed by atoms with Gasteiger partial charge in [-0.05, 0) is 55.1 Å². The third-order valence-electron chi connectivity index (χ3n) is 8.20. The van der Waals surface area contributed by atoms with Crippen LogP contribution in [-0.2, 0) is 9.63 Å². The second-order valence-corrected chi connectivity index (χ2v) is 11.1. The van der Waals surface area contributed by atoms with E-state index in [2.05, 4.69) is 87.5 Å². The highest BCUT2D eigenvalue weighted by Gasteiger charge is 2.30. The number of ether oxygens (including phenoxy) is 1. The molecule has 0 aliphatic carbocycles. The Morgan fingerprint density at radius 2 is 1.91 bits per heavy atom. The number of benzene rings is 3. The second-order valence-electron chi connectivity index (χ2n) is 11.1. The maximum absolute atomic E-state index is 12.4. The lowest BCUT2D eigenvalue weighted by atomic mass is 10.0. The number of anilines is 5. The van der Waals surface area contributed by atoms with Crippen LogP contribution in [0.2, 0.25) is 0 Å². The number of rotatable bonds is 9. The van der Waals surface area contributed by atoms with Crippen molar-refractivity contribution in [2.75, 3.05) is 61.5 Å². The summed E-state index contributed by atoms with van der Waals surface area (Å²) in [6, 6.07) is 21.0. The Kier molecular flexibility index (Phi) is 8.13. The van der Waals surface area contributed by atoms with Gasteiger partial charge in [-0.1, -0.05) is 43.0 Å². The molecule has 2 unspecified atom stereocenters. The summed E-state index contributed by atoms with van der Waals surface area (Å²) in [5.41, 5.74) is 3.39. The summed E-state index contributed by atoms with van der Waals surface area (Å²) in [7, 11) is 5.82. The SMILES string of the molecule is C=CC(=O)Nc1cc(Nc2cc(N3OCCC3c3ccc4ccccc4c3)ncn2)c(OC)cc1N1CCC(N(C)C)C1. The molecule has 2 atom stereocenters. The first-order valence-corrected chi connectivity index (χ1v) is 14.5. The number of carbonyl (C=O) groups excluding carboxylic acids is 1. The van der Waals surface area contributed by atoms with Gasteiger partial charge in [0.25, 0.3) is 0 Å². The number of fused-ring (bicyclic) bond motifs is 1. The molecule has 10 nitrogen and oxygen atoms in total. The number of likely N-dealkylation sites (N-methyl/N-ethyl adjacent to an activating group) is 1. The lowest BCUT2D eigenvalue weighted by Gasteiger charge is -2.26. The Bertz CT molecular complexity index is 1640. The van der Waals surface area contributed by atoms with E-state index in [1.165, 1.54) is 28.7 Å². The molecular formula is C33H37N7O3. The molecule has 2 N–H and O–H groups in total. The maximum Gasteiger partial charge on any atom is 0.247 e. The fourth-order valence-corrected chi connectivity index (χ4v) is 5.85. The number of nitrogens with one attached hydrogen (secondary N) is 2. The molecule has 0 spiro atoms. The molecule has 0 radical (unpaired) electrons. The second kappa shape index (κ2) is 12.3. The first-order chi connectivity index (χ1) is 20.9. The fraction of sp³-hybridized carbons (Fsp3) is 0.303. The lowest BCUT2D eigenvalue weighted by molar-refractivity contribution is -0.111. The predicted molar refractivity (Wildman–Crippen MR) is 171 cm³/mol. The molecule has 2 aliphatic rings. The average Bonchev–Trinajstić information content (AvgIpc) is 3.72. The molecule has 6 rings (SSSR count). The third kappa shape index (κ3) is 5.97. The zero-order valence-electron chi connectivity index (χ0n) is 24.8. The number of hydrogen-bond donors (Lipinski definition) is 2. The van der Waals surface area contributed by atoms with Crippen molar-refractivity contribution < 1.29 is 14.4 Å². The summed E-state index contributed by atoms with van der Waals surface area (Å²) in [4.78, 5) is 32.0. The van der Waals surface area contributed by atoms with Crippen molar-refractivity contribution in [2.45, 2.75) is 24.9 Å². The van der Waals surface area contributed by atoms with Gasteiger partial charge in [0.1, 0.15) is 17.9 Å². The van der Waals surface area contributed by atoms with Gasteiger partial charge in [0.15, 0.2) is 5.82 Å². The average molecular weight is 580 g/mol. The molecule has 222 valence electrons. The molecular weight excluding hydrogens is 542 g/mol. The molecule has 0 saturated carbocycles. The molecule has 10 heteroatoms. The molecule has 3 heterocycles. The van der Waals surface area contributed by atoms with Crippen molar-refractivity contribution in [3.63, 3.8) is 0 Å². The molecule has 2 fully saturated rings. The third-order valence-corrected chi connectivity index (χ3v) is 8.20. The Balaban J connectivity index is 1.28. The van der Waals surface area contributed by atoms with Gasteiger partial charge in [0, 0.05) is 37.7 Å². The molecule has 1 aromatic heterocycles. The zero-order valence-corrected chi connectivity index (χ0v) is 24.8. The molecule has 2 aliphatic heterocycles. The van der Waals surface area contributed by atoms with Crippen LogP contribution in [0.3, 0.4) is 0 Å². The van der Waals surface area contributed by atoms with Crippen molar-refractivity contribution in [3.8, 4) is 5.75 Å². The van der Waals surface area contributed by atoms with Crippen molar-refractivity contribution in [1.29, 1.82) is 0 Å². The van der Waals surface area contributed by atoms with Gasteiger partial charge in [-0.3, -0.25) is 9.63 Å². The minimum Gasteiger partial charge on any atom is -0.494 e. The van der Waals surface area contributed by atoms with Crippen LogP contribution in [0.15, 0.2) is 79.6 Å². The van der Waals surface area contributed by atoms with E-state index in [0.29, 0.717) is 41.4 Å². The highest BCUT2D eigenvalue weighted by atomic mass is 16.7. The standard InChI is InChI=1S/C33H37N7O3/c1-5-33(41)37-26-17-27(30(42-4)18-29(26)39-14-12-25(20-39)38(2)3)36-31-19-32(35-21-34-31)40-28(13-15-43-40)24-11-10-22-8-6-7-9-23(22)16-24/h5-11,16-19,21,25,28H,1,12-15,20H2,2-4H3,(H,37,41)(H,34,35,36). The van der Waals surface area contributed by atoms with E-state index in [4.69, 9.17) is 9.57 Å². The van der Waals surface area contributed by atoms with E-state index in [-0.39, 0.29) is 11.9 Å². The van der Waals surface area contributed by atoms with Crippen LogP contribution in [0, 0.1) is 0 Å². The van der Waals surface area contributed by atoms with E-state index < -0.39 is 0 Å². The summed E-state index contributed by atoms with van der Waals surface area (Å²) in [5, 5.41) is 10.6. The predicted octanol–water partition coefficient (Wildman–Crippen LogP) is 5.53.